The van der Waals surface area contributed by atoms with Crippen molar-refractivity contribution in [1.82, 2.24) is 10.6 Å². The molecule has 0 saturated carbocycles. The number of halogens is 3. The number of hydrogen-bond acceptors (Lipinski definition) is 2. The van der Waals surface area contributed by atoms with Gasteiger partial charge >= 0.3 is 6.18 Å². The Labute approximate surface area is 82.2 Å². The van der Waals surface area contributed by atoms with Crippen molar-refractivity contribution >= 4 is 0 Å². The van der Waals surface area contributed by atoms with Crippen molar-refractivity contribution in [2.24, 2.45) is 0 Å². The molecule has 0 aromatic carbocycles. The van der Waals surface area contributed by atoms with E-state index in [0.29, 0.717) is 19.0 Å². The quantitative estimate of drug-likeness (QED) is 0.674. The van der Waals surface area contributed by atoms with Crippen molar-refractivity contribution in [2.75, 3.05) is 19.6 Å². The second-order valence-electron chi connectivity index (χ2n) is 3.72. The number of alkyl halides is 3. The SMILES string of the molecule is FC(F)(F)CCCCNC1CCNC1. The molecule has 2 N–H and O–H groups in total. The van der Waals surface area contributed by atoms with Gasteiger partial charge in [0.2, 0.25) is 0 Å². The maximum atomic E-state index is 11.8. The first-order valence-corrected chi connectivity index (χ1v) is 5.09. The van der Waals surface area contributed by atoms with Gasteiger partial charge in [0.15, 0.2) is 0 Å². The van der Waals surface area contributed by atoms with E-state index in [1.54, 1.807) is 0 Å². The molecule has 1 atom stereocenters. The topological polar surface area (TPSA) is 24.1 Å². The Morgan fingerprint density at radius 2 is 2.07 bits per heavy atom. The Morgan fingerprint density at radius 1 is 1.29 bits per heavy atom. The van der Waals surface area contributed by atoms with Crippen molar-refractivity contribution in [3.05, 3.63) is 0 Å². The van der Waals surface area contributed by atoms with Crippen LogP contribution in [0.5, 0.6) is 0 Å². The van der Waals surface area contributed by atoms with Crippen molar-refractivity contribution in [2.45, 2.75) is 37.9 Å². The Balaban J connectivity index is 1.89. The molecular formula is C9H17F3N2. The lowest BCUT2D eigenvalue weighted by molar-refractivity contribution is -0.135. The Hall–Kier alpha value is -0.290. The van der Waals surface area contributed by atoms with Gasteiger partial charge in [0.25, 0.3) is 0 Å². The zero-order valence-corrected chi connectivity index (χ0v) is 8.16. The monoisotopic (exact) mass is 210 g/mol. The van der Waals surface area contributed by atoms with E-state index in [2.05, 4.69) is 10.6 Å². The summed E-state index contributed by atoms with van der Waals surface area (Å²) >= 11 is 0. The lowest BCUT2D eigenvalue weighted by Gasteiger charge is -2.11. The molecule has 0 bridgehead atoms. The summed E-state index contributed by atoms with van der Waals surface area (Å²) in [5.74, 6) is 0. The fraction of sp³-hybridized carbons (Fsp3) is 1.00. The van der Waals surface area contributed by atoms with Crippen LogP contribution in [0.1, 0.15) is 25.7 Å². The summed E-state index contributed by atoms with van der Waals surface area (Å²) in [6, 6.07) is 0.459. The molecule has 1 aliphatic rings. The molecule has 0 aliphatic carbocycles. The molecule has 1 heterocycles. The first-order chi connectivity index (χ1) is 6.58. The smallest absolute Gasteiger partial charge is 0.315 e. The van der Waals surface area contributed by atoms with E-state index in [-0.39, 0.29) is 6.42 Å². The van der Waals surface area contributed by atoms with Gasteiger partial charge in [-0.15, -0.1) is 0 Å². The predicted molar refractivity (Wildman–Crippen MR) is 49.2 cm³/mol. The fourth-order valence-corrected chi connectivity index (χ4v) is 1.59. The van der Waals surface area contributed by atoms with Crippen molar-refractivity contribution in [1.29, 1.82) is 0 Å². The number of rotatable bonds is 5. The molecule has 0 aromatic rings. The van der Waals surface area contributed by atoms with Gasteiger partial charge in [0.05, 0.1) is 0 Å². The molecule has 1 rings (SSSR count). The van der Waals surface area contributed by atoms with Gasteiger partial charge in [-0.1, -0.05) is 0 Å². The molecule has 0 spiro atoms. The highest BCUT2D eigenvalue weighted by molar-refractivity contribution is 4.76. The largest absolute Gasteiger partial charge is 0.389 e. The van der Waals surface area contributed by atoms with Crippen LogP contribution in [0.2, 0.25) is 0 Å². The normalized spacial score (nSPS) is 22.9. The van der Waals surface area contributed by atoms with Crippen LogP contribution in [-0.2, 0) is 0 Å². The van der Waals surface area contributed by atoms with E-state index in [4.69, 9.17) is 0 Å². The minimum Gasteiger partial charge on any atom is -0.315 e. The summed E-state index contributed by atoms with van der Waals surface area (Å²) in [4.78, 5) is 0. The maximum absolute atomic E-state index is 11.8. The summed E-state index contributed by atoms with van der Waals surface area (Å²) in [5, 5.41) is 6.43. The first-order valence-electron chi connectivity index (χ1n) is 5.09. The lowest BCUT2D eigenvalue weighted by atomic mass is 10.2. The third-order valence-electron chi connectivity index (χ3n) is 2.38. The standard InChI is InChI=1S/C9H17F3N2/c10-9(11,12)4-1-2-5-14-8-3-6-13-7-8/h8,13-14H,1-7H2. The van der Waals surface area contributed by atoms with Crippen molar-refractivity contribution < 1.29 is 13.2 Å². The van der Waals surface area contributed by atoms with Crippen LogP contribution in [0, 0.1) is 0 Å². The molecule has 5 heteroatoms. The zero-order valence-electron chi connectivity index (χ0n) is 8.16. The number of nitrogens with one attached hydrogen (secondary N) is 2. The van der Waals surface area contributed by atoms with E-state index in [1.165, 1.54) is 0 Å². The molecule has 0 aromatic heterocycles. The molecule has 1 fully saturated rings. The molecule has 1 unspecified atom stereocenters. The second-order valence-corrected chi connectivity index (χ2v) is 3.72. The average Bonchev–Trinajstić information content (AvgIpc) is 2.54. The lowest BCUT2D eigenvalue weighted by Crippen LogP contribution is -2.31. The van der Waals surface area contributed by atoms with E-state index in [1.807, 2.05) is 0 Å². The highest BCUT2D eigenvalue weighted by Crippen LogP contribution is 2.21. The van der Waals surface area contributed by atoms with E-state index < -0.39 is 12.6 Å². The highest BCUT2D eigenvalue weighted by atomic mass is 19.4. The Kier molecular flexibility index (Phi) is 4.68. The summed E-state index contributed by atoms with van der Waals surface area (Å²) in [6.45, 7) is 2.65. The zero-order chi connectivity index (χ0) is 10.4. The molecular weight excluding hydrogens is 193 g/mol. The van der Waals surface area contributed by atoms with E-state index >= 15 is 0 Å². The van der Waals surface area contributed by atoms with Gasteiger partial charge in [-0.3, -0.25) is 0 Å². The van der Waals surface area contributed by atoms with Crippen LogP contribution >= 0.6 is 0 Å². The van der Waals surface area contributed by atoms with Crippen molar-refractivity contribution in [3.8, 4) is 0 Å². The fourth-order valence-electron chi connectivity index (χ4n) is 1.59. The Morgan fingerprint density at radius 3 is 2.64 bits per heavy atom. The van der Waals surface area contributed by atoms with Gasteiger partial charge in [0, 0.05) is 19.0 Å². The summed E-state index contributed by atoms with van der Waals surface area (Å²) in [6.07, 6.45) is -2.72. The summed E-state index contributed by atoms with van der Waals surface area (Å²) in [7, 11) is 0. The van der Waals surface area contributed by atoms with Crippen LogP contribution < -0.4 is 10.6 Å². The third-order valence-corrected chi connectivity index (χ3v) is 2.38. The van der Waals surface area contributed by atoms with E-state index in [9.17, 15) is 13.2 Å². The van der Waals surface area contributed by atoms with E-state index in [0.717, 1.165) is 19.5 Å². The van der Waals surface area contributed by atoms with Crippen LogP contribution in [0.4, 0.5) is 13.2 Å². The Bertz CT molecular complexity index is 153. The number of hydrogen-bond donors (Lipinski definition) is 2. The van der Waals surface area contributed by atoms with Crippen LogP contribution in [-0.4, -0.2) is 31.9 Å². The molecule has 1 saturated heterocycles. The van der Waals surface area contributed by atoms with Crippen LogP contribution in [0.3, 0.4) is 0 Å². The second kappa shape index (κ2) is 5.56. The van der Waals surface area contributed by atoms with Crippen molar-refractivity contribution in [3.63, 3.8) is 0 Å². The maximum Gasteiger partial charge on any atom is 0.389 e. The molecule has 0 amide bonds. The average molecular weight is 210 g/mol. The number of unbranched alkanes of at least 4 members (excludes halogenated alkanes) is 1. The summed E-state index contributed by atoms with van der Waals surface area (Å²) in [5.41, 5.74) is 0. The van der Waals surface area contributed by atoms with Gasteiger partial charge in [-0.2, -0.15) is 13.2 Å². The molecule has 0 radical (unpaired) electrons. The predicted octanol–water partition coefficient (Wildman–Crippen LogP) is 1.67. The van der Waals surface area contributed by atoms with Gasteiger partial charge < -0.3 is 10.6 Å². The van der Waals surface area contributed by atoms with Gasteiger partial charge in [-0.05, 0) is 32.4 Å². The highest BCUT2D eigenvalue weighted by Gasteiger charge is 2.25. The molecule has 84 valence electrons. The van der Waals surface area contributed by atoms with Crippen LogP contribution in [0.25, 0.3) is 0 Å². The van der Waals surface area contributed by atoms with Gasteiger partial charge in [0.1, 0.15) is 0 Å². The third kappa shape index (κ3) is 5.44. The molecule has 2 nitrogen and oxygen atoms in total. The van der Waals surface area contributed by atoms with Crippen LogP contribution in [0.15, 0.2) is 0 Å². The summed E-state index contributed by atoms with van der Waals surface area (Å²) < 4.78 is 35.3. The molecule has 1 aliphatic heterocycles. The minimum absolute atomic E-state index is 0.233. The van der Waals surface area contributed by atoms with Gasteiger partial charge in [-0.25, -0.2) is 0 Å². The molecule has 14 heavy (non-hydrogen) atoms. The first kappa shape index (κ1) is 11.8. The minimum atomic E-state index is -3.99.